The molecule has 0 radical (unpaired) electrons. The van der Waals surface area contributed by atoms with Gasteiger partial charge in [-0.25, -0.2) is 4.79 Å². The highest BCUT2D eigenvalue weighted by molar-refractivity contribution is 5.98. The van der Waals surface area contributed by atoms with Crippen molar-refractivity contribution < 1.29 is 23.9 Å². The van der Waals surface area contributed by atoms with E-state index in [0.29, 0.717) is 42.9 Å². The summed E-state index contributed by atoms with van der Waals surface area (Å²) in [4.78, 5) is 53.2. The maximum atomic E-state index is 13.0. The van der Waals surface area contributed by atoms with Gasteiger partial charge in [-0.1, -0.05) is 30.3 Å². The van der Waals surface area contributed by atoms with Crippen LogP contribution in [-0.2, 0) is 9.53 Å². The smallest absolute Gasteiger partial charge is 0.339 e. The van der Waals surface area contributed by atoms with Crippen molar-refractivity contribution in [3.63, 3.8) is 0 Å². The lowest BCUT2D eigenvalue weighted by Gasteiger charge is -2.39. The Labute approximate surface area is 198 Å². The van der Waals surface area contributed by atoms with Gasteiger partial charge >= 0.3 is 5.97 Å². The SMILES string of the molecule is CC(=O)c1ccc(C(=O)N2CCC3(CCN(C(=O)CC4OC(=O)c5ccccc54)C3)CC2)cc1. The van der Waals surface area contributed by atoms with E-state index in [-0.39, 0.29) is 35.4 Å². The fourth-order valence-electron chi connectivity index (χ4n) is 5.43. The molecule has 0 N–H and O–H groups in total. The molecule has 0 aliphatic carbocycles. The van der Waals surface area contributed by atoms with Gasteiger partial charge in [-0.3, -0.25) is 14.4 Å². The number of amides is 2. The molecular formula is C27H28N2O5. The molecular weight excluding hydrogens is 432 g/mol. The van der Waals surface area contributed by atoms with E-state index in [4.69, 9.17) is 4.74 Å². The van der Waals surface area contributed by atoms with Gasteiger partial charge in [-0.05, 0) is 49.8 Å². The predicted molar refractivity (Wildman–Crippen MR) is 124 cm³/mol. The third-order valence-corrected chi connectivity index (χ3v) is 7.58. The molecule has 2 fully saturated rings. The van der Waals surface area contributed by atoms with Crippen LogP contribution in [0.4, 0.5) is 0 Å². The molecule has 2 aromatic rings. The maximum absolute atomic E-state index is 13.0. The summed E-state index contributed by atoms with van der Waals surface area (Å²) in [6, 6.07) is 14.1. The molecule has 1 atom stereocenters. The first-order valence-corrected chi connectivity index (χ1v) is 11.8. The number of Topliss-reactive ketones (excluding diaryl/α,β-unsaturated/α-hetero) is 1. The van der Waals surface area contributed by atoms with Crippen LogP contribution in [0.2, 0.25) is 0 Å². The summed E-state index contributed by atoms with van der Waals surface area (Å²) in [5.41, 5.74) is 2.57. The summed E-state index contributed by atoms with van der Waals surface area (Å²) in [5, 5.41) is 0. The van der Waals surface area contributed by atoms with Gasteiger partial charge in [0.15, 0.2) is 5.78 Å². The molecule has 0 saturated carbocycles. The number of cyclic esters (lactones) is 1. The van der Waals surface area contributed by atoms with Gasteiger partial charge in [0, 0.05) is 42.9 Å². The Morgan fingerprint density at radius 2 is 1.53 bits per heavy atom. The number of benzene rings is 2. The van der Waals surface area contributed by atoms with E-state index in [9.17, 15) is 19.2 Å². The molecule has 7 heteroatoms. The molecule has 7 nitrogen and oxygen atoms in total. The highest BCUT2D eigenvalue weighted by Crippen LogP contribution is 2.42. The van der Waals surface area contributed by atoms with Crippen LogP contribution >= 0.6 is 0 Å². The first-order chi connectivity index (χ1) is 16.3. The van der Waals surface area contributed by atoms with E-state index in [1.165, 1.54) is 6.92 Å². The third-order valence-electron chi connectivity index (χ3n) is 7.58. The topological polar surface area (TPSA) is 84.0 Å². The Kier molecular flexibility index (Phi) is 5.71. The summed E-state index contributed by atoms with van der Waals surface area (Å²) < 4.78 is 5.45. The van der Waals surface area contributed by atoms with Crippen LogP contribution in [0.1, 0.15) is 75.3 Å². The average molecular weight is 461 g/mol. The van der Waals surface area contributed by atoms with Gasteiger partial charge < -0.3 is 14.5 Å². The fourth-order valence-corrected chi connectivity index (χ4v) is 5.43. The second-order valence-electron chi connectivity index (χ2n) is 9.68. The van der Waals surface area contributed by atoms with E-state index in [0.717, 1.165) is 24.8 Å². The molecule has 2 aromatic carbocycles. The minimum Gasteiger partial charge on any atom is -0.453 e. The third kappa shape index (κ3) is 4.11. The molecule has 3 aliphatic heterocycles. The van der Waals surface area contributed by atoms with Crippen molar-refractivity contribution in [2.75, 3.05) is 26.2 Å². The molecule has 2 saturated heterocycles. The zero-order valence-electron chi connectivity index (χ0n) is 19.3. The quantitative estimate of drug-likeness (QED) is 0.514. The van der Waals surface area contributed by atoms with Gasteiger partial charge in [-0.15, -0.1) is 0 Å². The summed E-state index contributed by atoms with van der Waals surface area (Å²) in [6.45, 7) is 4.20. The monoisotopic (exact) mass is 460 g/mol. The van der Waals surface area contributed by atoms with Crippen LogP contribution in [0.15, 0.2) is 48.5 Å². The molecule has 3 aliphatic rings. The van der Waals surface area contributed by atoms with Gasteiger partial charge in [0.2, 0.25) is 5.91 Å². The minimum absolute atomic E-state index is 0.00967. The number of esters is 1. The molecule has 176 valence electrons. The molecule has 0 aromatic heterocycles. The van der Waals surface area contributed by atoms with Crippen molar-refractivity contribution in [3.05, 3.63) is 70.8 Å². The van der Waals surface area contributed by atoms with Crippen molar-refractivity contribution in [2.24, 2.45) is 5.41 Å². The Hall–Kier alpha value is -3.48. The zero-order chi connectivity index (χ0) is 23.9. The Morgan fingerprint density at radius 3 is 2.21 bits per heavy atom. The predicted octanol–water partition coefficient (Wildman–Crippen LogP) is 3.65. The summed E-state index contributed by atoms with van der Waals surface area (Å²) in [6.07, 6.45) is 2.29. The fraction of sp³-hybridized carbons (Fsp3) is 0.407. The molecule has 2 amide bonds. The zero-order valence-corrected chi connectivity index (χ0v) is 19.3. The van der Waals surface area contributed by atoms with Crippen molar-refractivity contribution >= 4 is 23.6 Å². The number of likely N-dealkylation sites (tertiary alicyclic amines) is 2. The molecule has 1 unspecified atom stereocenters. The summed E-state index contributed by atoms with van der Waals surface area (Å²) in [5.74, 6) is -0.387. The van der Waals surface area contributed by atoms with E-state index in [1.807, 2.05) is 21.9 Å². The number of ketones is 1. The molecule has 34 heavy (non-hydrogen) atoms. The second kappa shape index (κ2) is 8.70. The van der Waals surface area contributed by atoms with Crippen molar-refractivity contribution in [1.82, 2.24) is 9.80 Å². The second-order valence-corrected chi connectivity index (χ2v) is 9.68. The molecule has 0 bridgehead atoms. The number of hydrogen-bond acceptors (Lipinski definition) is 5. The Morgan fingerprint density at radius 1 is 0.912 bits per heavy atom. The number of piperidine rings is 1. The van der Waals surface area contributed by atoms with E-state index < -0.39 is 6.10 Å². The first-order valence-electron chi connectivity index (χ1n) is 11.8. The standard InChI is InChI=1S/C27H28N2O5/c1-18(30)19-6-8-20(9-7-19)25(32)28-13-10-27(11-14-28)12-15-29(17-27)24(31)16-23-21-4-2-3-5-22(21)26(33)34-23/h2-9,23H,10-17H2,1H3. The van der Waals surface area contributed by atoms with Gasteiger partial charge in [0.05, 0.1) is 12.0 Å². The lowest BCUT2D eigenvalue weighted by molar-refractivity contribution is -0.132. The van der Waals surface area contributed by atoms with Crippen LogP contribution in [0.3, 0.4) is 0 Å². The molecule has 3 heterocycles. The molecule has 1 spiro atoms. The Balaban J connectivity index is 1.16. The molecule has 5 rings (SSSR count). The van der Waals surface area contributed by atoms with E-state index >= 15 is 0 Å². The average Bonchev–Trinajstić information content (AvgIpc) is 3.41. The maximum Gasteiger partial charge on any atom is 0.339 e. The van der Waals surface area contributed by atoms with Crippen LogP contribution in [0, 0.1) is 5.41 Å². The van der Waals surface area contributed by atoms with Gasteiger partial charge in [0.25, 0.3) is 5.91 Å². The van der Waals surface area contributed by atoms with Crippen LogP contribution in [0.5, 0.6) is 0 Å². The summed E-state index contributed by atoms with van der Waals surface area (Å²) >= 11 is 0. The van der Waals surface area contributed by atoms with Crippen LogP contribution in [0.25, 0.3) is 0 Å². The number of rotatable bonds is 4. The highest BCUT2D eigenvalue weighted by atomic mass is 16.5. The van der Waals surface area contributed by atoms with Gasteiger partial charge in [0.1, 0.15) is 6.10 Å². The number of ether oxygens (including phenoxy) is 1. The lowest BCUT2D eigenvalue weighted by atomic mass is 9.77. The minimum atomic E-state index is -0.512. The first kappa shape index (κ1) is 22.3. The number of hydrogen-bond donors (Lipinski definition) is 0. The van der Waals surface area contributed by atoms with Gasteiger partial charge in [-0.2, -0.15) is 0 Å². The largest absolute Gasteiger partial charge is 0.453 e. The summed E-state index contributed by atoms with van der Waals surface area (Å²) in [7, 11) is 0. The lowest BCUT2D eigenvalue weighted by Crippen LogP contribution is -2.44. The Bertz CT molecular complexity index is 1150. The van der Waals surface area contributed by atoms with Crippen molar-refractivity contribution in [1.29, 1.82) is 0 Å². The van der Waals surface area contributed by atoms with Crippen molar-refractivity contribution in [2.45, 2.75) is 38.7 Å². The van der Waals surface area contributed by atoms with Crippen LogP contribution < -0.4 is 0 Å². The number of nitrogens with zero attached hydrogens (tertiary/aromatic N) is 2. The number of carbonyl (C=O) groups is 4. The highest BCUT2D eigenvalue weighted by Gasteiger charge is 2.43. The number of fused-ring (bicyclic) bond motifs is 1. The van der Waals surface area contributed by atoms with E-state index in [1.54, 1.807) is 36.4 Å². The van der Waals surface area contributed by atoms with Crippen LogP contribution in [-0.4, -0.2) is 59.5 Å². The normalized spacial score (nSPS) is 20.9. The number of carbonyl (C=O) groups excluding carboxylic acids is 4. The van der Waals surface area contributed by atoms with Crippen molar-refractivity contribution in [3.8, 4) is 0 Å². The van der Waals surface area contributed by atoms with E-state index in [2.05, 4.69) is 0 Å².